The Morgan fingerprint density at radius 3 is 1.31 bits per heavy atom. The molecule has 3 rings (SSSR count). The van der Waals surface area contributed by atoms with Crippen LogP contribution < -0.4 is 48.7 Å². The first kappa shape index (κ1) is 54.4. The molecule has 0 aliphatic carbocycles. The number of phenolic OH excluding ortho intramolecular Hbond substituents is 5. The maximum absolute atomic E-state index is 13.3. The van der Waals surface area contributed by atoms with Gasteiger partial charge in [0.2, 0.25) is 0 Å². The Morgan fingerprint density at radius 2 is 0.866 bits per heavy atom. The monoisotopic (exact) mass is 943 g/mol. The quantitative estimate of drug-likeness (QED) is 0.0256. The SMILES string of the molecule is COCCOCCOCCNCCNC(=O)c1ccc(C(=O)NCC(CNC(=O)c2ccc(C(N)=O)c(O)c2O)NCCNC(=O)c2ccc(C(=O)NCCCCCN)c(O)c2O)c(O)c1O. The van der Waals surface area contributed by atoms with Crippen molar-refractivity contribution in [3.8, 4) is 34.5 Å². The Balaban J connectivity index is 1.61. The van der Waals surface area contributed by atoms with E-state index in [4.69, 9.17) is 25.7 Å². The summed E-state index contributed by atoms with van der Waals surface area (Å²) in [5.74, 6) is -10.3. The fourth-order valence-corrected chi connectivity index (χ4v) is 6.08. The zero-order valence-corrected chi connectivity index (χ0v) is 37.1. The minimum absolute atomic E-state index is 0.0385. The predicted octanol–water partition coefficient (Wildman–Crippen LogP) is -1.58. The zero-order chi connectivity index (χ0) is 49.3. The van der Waals surface area contributed by atoms with Crippen LogP contribution in [0, 0.1) is 0 Å². The zero-order valence-electron chi connectivity index (χ0n) is 37.1. The lowest BCUT2D eigenvalue weighted by Gasteiger charge is -2.21. The largest absolute Gasteiger partial charge is 0.504 e. The molecule has 368 valence electrons. The van der Waals surface area contributed by atoms with Crippen molar-refractivity contribution in [3.05, 3.63) is 69.8 Å². The predicted molar refractivity (Wildman–Crippen MR) is 241 cm³/mol. The molecule has 17 N–H and O–H groups in total. The van der Waals surface area contributed by atoms with Gasteiger partial charge in [-0.15, -0.1) is 0 Å². The van der Waals surface area contributed by atoms with Gasteiger partial charge in [0.1, 0.15) is 0 Å². The molecule has 67 heavy (non-hydrogen) atoms. The van der Waals surface area contributed by atoms with E-state index >= 15 is 0 Å². The van der Waals surface area contributed by atoms with Crippen LogP contribution in [0.15, 0.2) is 36.4 Å². The van der Waals surface area contributed by atoms with Crippen LogP contribution in [0.25, 0.3) is 0 Å². The molecule has 0 aliphatic heterocycles. The van der Waals surface area contributed by atoms with E-state index in [0.29, 0.717) is 65.6 Å². The second kappa shape index (κ2) is 28.8. The number of hydrogen-bond acceptors (Lipinski definition) is 18. The van der Waals surface area contributed by atoms with E-state index in [1.54, 1.807) is 7.11 Å². The average Bonchev–Trinajstić information content (AvgIpc) is 3.30. The number of nitrogens with two attached hydrogens (primary N) is 2. The molecule has 0 fully saturated rings. The number of primary amides is 1. The van der Waals surface area contributed by atoms with E-state index in [2.05, 4.69) is 37.2 Å². The van der Waals surface area contributed by atoms with Gasteiger partial charge in [-0.1, -0.05) is 6.42 Å². The number of aromatic hydroxyl groups is 6. The van der Waals surface area contributed by atoms with Crippen molar-refractivity contribution in [1.29, 1.82) is 0 Å². The molecule has 0 saturated heterocycles. The molecule has 0 spiro atoms. The van der Waals surface area contributed by atoms with Crippen LogP contribution in [0.2, 0.25) is 0 Å². The highest BCUT2D eigenvalue weighted by molar-refractivity contribution is 6.04. The molecule has 3 aromatic rings. The summed E-state index contributed by atoms with van der Waals surface area (Å²) in [5.41, 5.74) is 8.52. The van der Waals surface area contributed by atoms with Gasteiger partial charge in [0.05, 0.1) is 66.4 Å². The van der Waals surface area contributed by atoms with Crippen molar-refractivity contribution in [1.82, 2.24) is 37.2 Å². The molecule has 0 radical (unpaired) electrons. The second-order valence-electron chi connectivity index (χ2n) is 14.6. The van der Waals surface area contributed by atoms with E-state index in [9.17, 15) is 59.4 Å². The number of carbonyl (C=O) groups excluding carboxylic acids is 6. The van der Waals surface area contributed by atoms with Gasteiger partial charge in [-0.05, 0) is 55.8 Å². The normalized spacial score (nSPS) is 11.4. The van der Waals surface area contributed by atoms with Gasteiger partial charge >= 0.3 is 0 Å². The number of unbranched alkanes of at least 4 members (excludes halogenated alkanes) is 2. The molecule has 6 amide bonds. The number of benzene rings is 3. The molecule has 1 atom stereocenters. The first-order chi connectivity index (χ1) is 32.1. The summed E-state index contributed by atoms with van der Waals surface area (Å²) >= 11 is 0. The average molecular weight is 944 g/mol. The number of rotatable bonds is 31. The van der Waals surface area contributed by atoms with Gasteiger partial charge in [0.25, 0.3) is 35.4 Å². The smallest absolute Gasteiger partial charge is 0.255 e. The van der Waals surface area contributed by atoms with Crippen molar-refractivity contribution in [2.45, 2.75) is 25.3 Å². The molecule has 24 nitrogen and oxygen atoms in total. The summed E-state index contributed by atoms with van der Waals surface area (Å²) in [6.45, 7) is 3.33. The minimum atomic E-state index is -1.06. The minimum Gasteiger partial charge on any atom is -0.504 e. The summed E-state index contributed by atoms with van der Waals surface area (Å²) in [6.07, 6.45) is 2.22. The summed E-state index contributed by atoms with van der Waals surface area (Å²) in [7, 11) is 1.58. The summed E-state index contributed by atoms with van der Waals surface area (Å²) in [5, 5.41) is 81.9. The van der Waals surface area contributed by atoms with Crippen LogP contribution in [0.5, 0.6) is 34.5 Å². The van der Waals surface area contributed by atoms with Gasteiger partial charge in [-0.25, -0.2) is 0 Å². The molecule has 0 aromatic heterocycles. The lowest BCUT2D eigenvalue weighted by atomic mass is 10.1. The van der Waals surface area contributed by atoms with Crippen molar-refractivity contribution in [2.24, 2.45) is 11.5 Å². The third-order valence-corrected chi connectivity index (χ3v) is 9.78. The summed E-state index contributed by atoms with van der Waals surface area (Å²) < 4.78 is 15.6. The van der Waals surface area contributed by atoms with E-state index in [-0.39, 0.29) is 49.4 Å². The molecule has 3 aromatic carbocycles. The van der Waals surface area contributed by atoms with Crippen molar-refractivity contribution >= 4 is 35.4 Å². The molecule has 0 bridgehead atoms. The van der Waals surface area contributed by atoms with E-state index in [1.807, 2.05) is 0 Å². The second-order valence-corrected chi connectivity index (χ2v) is 14.6. The summed E-state index contributed by atoms with van der Waals surface area (Å²) in [6, 6.07) is 5.83. The Bertz CT molecular complexity index is 2160. The van der Waals surface area contributed by atoms with Crippen molar-refractivity contribution < 1.29 is 73.6 Å². The lowest BCUT2D eigenvalue weighted by Crippen LogP contribution is -2.49. The fourth-order valence-electron chi connectivity index (χ4n) is 6.08. The highest BCUT2D eigenvalue weighted by Crippen LogP contribution is 2.34. The third kappa shape index (κ3) is 17.1. The molecule has 1 unspecified atom stereocenters. The number of methoxy groups -OCH3 is 1. The molecular weight excluding hydrogens is 883 g/mol. The third-order valence-electron chi connectivity index (χ3n) is 9.78. The number of amides is 6. The standard InChI is InChI=1S/C43H61N9O15/c1-65-19-20-67-22-21-66-18-17-46-13-14-49-40(61)28-9-10-31(37(58)36(28)57)43(64)52-24-25(23-51-42(63)30-6-5-26(38(45)59)32(53)33(30)54)47-15-16-50-41(62)29-8-7-27(34(55)35(29)56)39(60)48-12-4-2-3-11-44/h5-10,25,46-47,53-58H,2-4,11-24,44H2,1H3,(H2,45,59)(H,48,60)(H,49,61)(H,50,62)(H,51,63)(H,52,64). The van der Waals surface area contributed by atoms with Crippen LogP contribution in [0.3, 0.4) is 0 Å². The Labute approximate surface area is 385 Å². The fraction of sp³-hybridized carbons (Fsp3) is 0.442. The molecule has 0 aliphatic rings. The highest BCUT2D eigenvalue weighted by Gasteiger charge is 2.25. The van der Waals surface area contributed by atoms with Crippen LogP contribution in [0.4, 0.5) is 0 Å². The number of phenols is 6. The van der Waals surface area contributed by atoms with Crippen LogP contribution in [0.1, 0.15) is 81.4 Å². The van der Waals surface area contributed by atoms with Crippen LogP contribution in [-0.4, -0.2) is 171 Å². The maximum Gasteiger partial charge on any atom is 0.255 e. The Hall–Kier alpha value is -6.96. The first-order valence-electron chi connectivity index (χ1n) is 21.3. The van der Waals surface area contributed by atoms with E-state index in [1.165, 1.54) is 6.07 Å². The number of carbonyl (C=O) groups is 6. The Morgan fingerprint density at radius 1 is 0.478 bits per heavy atom. The molecule has 0 saturated carbocycles. The number of ether oxygens (including phenoxy) is 3. The topological polar surface area (TPSA) is 388 Å². The van der Waals surface area contributed by atoms with Gasteiger partial charge < -0.3 is 93.5 Å². The molecule has 24 heteroatoms. The number of hydrogen-bond donors (Lipinski definition) is 15. The van der Waals surface area contributed by atoms with Crippen LogP contribution in [-0.2, 0) is 14.2 Å². The van der Waals surface area contributed by atoms with Gasteiger partial charge in [-0.3, -0.25) is 28.8 Å². The van der Waals surface area contributed by atoms with Crippen LogP contribution >= 0.6 is 0 Å². The first-order valence-corrected chi connectivity index (χ1v) is 21.3. The van der Waals surface area contributed by atoms with E-state index in [0.717, 1.165) is 43.2 Å². The van der Waals surface area contributed by atoms with Gasteiger partial charge in [0, 0.05) is 65.5 Å². The summed E-state index contributed by atoms with van der Waals surface area (Å²) in [4.78, 5) is 76.1. The maximum atomic E-state index is 13.3. The van der Waals surface area contributed by atoms with Crippen molar-refractivity contribution in [3.63, 3.8) is 0 Å². The van der Waals surface area contributed by atoms with Gasteiger partial charge in [0.15, 0.2) is 34.5 Å². The molecule has 0 heterocycles. The molecular formula is C43H61N9O15. The van der Waals surface area contributed by atoms with E-state index < -0.39 is 92.7 Å². The van der Waals surface area contributed by atoms with Gasteiger partial charge in [-0.2, -0.15) is 0 Å². The van der Waals surface area contributed by atoms with Crippen molar-refractivity contribution in [2.75, 3.05) is 99.0 Å². The highest BCUT2D eigenvalue weighted by atomic mass is 16.5. The lowest BCUT2D eigenvalue weighted by molar-refractivity contribution is 0.0256. The Kier molecular flexibility index (Phi) is 23.4. The number of nitrogens with one attached hydrogen (secondary N) is 7.